The SMILES string of the molecule is CO[C@H]1C[C@@H]2CC[C@@H](C)[C@@](O)(O2)C(=O)C(=O)N2CCCC[C@H]2C(=O)O[C@H]([C@H](C)C[C@H]2CC[C@@H](OCc3ccc(C(O)CO)cc3)[C@H](OC)C2)CC(=O)[C@H](C)/C=C(\C)[C@@H](O)[C@@H](OC)C(=O)[C@H](C)C[C@H](C)/C=C/C=C/C=C/1C. The molecule has 1 aromatic rings. The van der Waals surface area contributed by atoms with Crippen LogP contribution in [0.3, 0.4) is 0 Å². The lowest BCUT2D eigenvalue weighted by atomic mass is 9.78. The summed E-state index contributed by atoms with van der Waals surface area (Å²) < 4.78 is 36.4. The predicted molar refractivity (Wildman–Crippen MR) is 286 cm³/mol. The largest absolute Gasteiger partial charge is 0.460 e. The number of fused-ring (bicyclic) bond motifs is 3. The molecule has 424 valence electrons. The number of cyclic esters (lactones) is 1. The number of hydrogen-bond donors (Lipinski definition) is 4. The van der Waals surface area contributed by atoms with Crippen LogP contribution in [0.1, 0.15) is 143 Å². The fourth-order valence-electron chi connectivity index (χ4n) is 11.4. The second-order valence-electron chi connectivity index (χ2n) is 22.3. The first-order chi connectivity index (χ1) is 36.1. The van der Waals surface area contributed by atoms with Crippen molar-refractivity contribution in [1.82, 2.24) is 4.90 Å². The number of nitrogens with zero attached hydrogens (tertiary/aromatic N) is 1. The maximum atomic E-state index is 14.6. The molecule has 16 nitrogen and oxygen atoms in total. The van der Waals surface area contributed by atoms with Crippen LogP contribution in [0.5, 0.6) is 0 Å². The van der Waals surface area contributed by atoms with Gasteiger partial charge in [0.1, 0.15) is 36.2 Å². The first kappa shape index (κ1) is 62.6. The van der Waals surface area contributed by atoms with Crippen molar-refractivity contribution < 1.29 is 72.8 Å². The minimum Gasteiger partial charge on any atom is -0.460 e. The molecule has 4 N–H and O–H groups in total. The van der Waals surface area contributed by atoms with Gasteiger partial charge in [0.15, 0.2) is 5.78 Å². The van der Waals surface area contributed by atoms with E-state index in [-0.39, 0.29) is 67.5 Å². The van der Waals surface area contributed by atoms with Gasteiger partial charge in [-0.05, 0) is 118 Å². The number of amides is 1. The standard InChI is InChI=1S/C60H89NO15/c1-36-16-12-11-13-17-37(2)51(71-8)32-46-25-19-42(7)60(70,76-46)57(67)58(68)61-27-15-14-18-47(61)59(69)75-52(33-48(63)38(3)29-41(6)55(66)56(73-10)54(65)40(5)28-36)39(4)30-44-22-26-50(53(31-44)72-9)74-35-43-20-23-45(24-21-43)49(64)34-62/h11-13,16-17,20-21,23-24,29,36,38-40,42,44,46-47,49-53,55-56,62,64,66,70H,14-15,18-19,22,25-28,30-35H2,1-10H3/b13-11+,16-12+,37-17+,41-29+/t36-,38-,39-,40-,42-,44-,46+,47+,49?,50-,51+,52+,53-,55-,56+,60-/m1/s1. The van der Waals surface area contributed by atoms with E-state index in [0.29, 0.717) is 75.5 Å². The summed E-state index contributed by atoms with van der Waals surface area (Å²) in [6.07, 6.45) is 10.7. The van der Waals surface area contributed by atoms with Gasteiger partial charge in [0.2, 0.25) is 5.79 Å². The Labute approximate surface area is 451 Å². The van der Waals surface area contributed by atoms with Gasteiger partial charge in [0.25, 0.3) is 11.7 Å². The third-order valence-electron chi connectivity index (χ3n) is 16.5. The summed E-state index contributed by atoms with van der Waals surface area (Å²) >= 11 is 0. The van der Waals surface area contributed by atoms with Crippen LogP contribution in [0.15, 0.2) is 71.9 Å². The van der Waals surface area contributed by atoms with Crippen molar-refractivity contribution in [3.63, 3.8) is 0 Å². The molecule has 1 saturated carbocycles. The highest BCUT2D eigenvalue weighted by Gasteiger charge is 2.53. The van der Waals surface area contributed by atoms with Gasteiger partial charge in [-0.3, -0.25) is 19.2 Å². The van der Waals surface area contributed by atoms with Crippen molar-refractivity contribution in [1.29, 1.82) is 0 Å². The van der Waals surface area contributed by atoms with Crippen molar-refractivity contribution in [2.24, 2.45) is 35.5 Å². The molecule has 0 radical (unpaired) electrons. The third-order valence-corrected chi connectivity index (χ3v) is 16.5. The fourth-order valence-corrected chi connectivity index (χ4v) is 11.4. The zero-order valence-electron chi connectivity index (χ0n) is 46.8. The zero-order valence-corrected chi connectivity index (χ0v) is 46.8. The molecule has 1 amide bonds. The third kappa shape index (κ3) is 16.7. The molecule has 0 aromatic heterocycles. The molecule has 3 fully saturated rings. The van der Waals surface area contributed by atoms with Gasteiger partial charge in [-0.2, -0.15) is 0 Å². The Kier molecular flexibility index (Phi) is 24.4. The Morgan fingerprint density at radius 3 is 2.22 bits per heavy atom. The average Bonchev–Trinajstić information content (AvgIpc) is 3.41. The molecule has 0 spiro atoms. The van der Waals surface area contributed by atoms with E-state index < -0.39 is 83.9 Å². The number of benzene rings is 1. The van der Waals surface area contributed by atoms with Crippen LogP contribution in [0.4, 0.5) is 0 Å². The van der Waals surface area contributed by atoms with Crippen molar-refractivity contribution in [3.8, 4) is 0 Å². The number of rotatable bonds is 11. The van der Waals surface area contributed by atoms with Crippen LogP contribution in [0.2, 0.25) is 0 Å². The summed E-state index contributed by atoms with van der Waals surface area (Å²) in [5.41, 5.74) is 2.77. The van der Waals surface area contributed by atoms with E-state index in [0.717, 1.165) is 17.6 Å². The Morgan fingerprint density at radius 2 is 1.55 bits per heavy atom. The highest BCUT2D eigenvalue weighted by atomic mass is 16.6. The maximum absolute atomic E-state index is 14.6. The molecular formula is C60H89NO15. The number of ether oxygens (including phenoxy) is 6. The average molecular weight is 1060 g/mol. The number of esters is 1. The number of methoxy groups -OCH3 is 3. The Bertz CT molecular complexity index is 2200. The van der Waals surface area contributed by atoms with Gasteiger partial charge in [-0.15, -0.1) is 0 Å². The van der Waals surface area contributed by atoms with Crippen LogP contribution < -0.4 is 0 Å². The molecule has 3 aliphatic heterocycles. The van der Waals surface area contributed by atoms with Crippen molar-refractivity contribution >= 4 is 29.2 Å². The second-order valence-corrected chi connectivity index (χ2v) is 22.3. The predicted octanol–water partition coefficient (Wildman–Crippen LogP) is 7.43. The Hall–Kier alpha value is -4.23. The first-order valence-corrected chi connectivity index (χ1v) is 27.6. The van der Waals surface area contributed by atoms with Crippen molar-refractivity contribution in [3.05, 3.63) is 83.0 Å². The number of carbonyl (C=O) groups is 5. The number of Topliss-reactive ketones (excluding diaryl/α,β-unsaturated/α-hetero) is 3. The maximum Gasteiger partial charge on any atom is 0.329 e. The lowest BCUT2D eigenvalue weighted by Crippen LogP contribution is -2.61. The molecule has 16 heteroatoms. The van der Waals surface area contributed by atoms with Crippen molar-refractivity contribution in [2.45, 2.75) is 193 Å². The number of carbonyl (C=O) groups excluding carboxylic acids is 5. The Morgan fingerprint density at radius 1 is 0.829 bits per heavy atom. The summed E-state index contributed by atoms with van der Waals surface area (Å²) in [6.45, 7) is 12.7. The summed E-state index contributed by atoms with van der Waals surface area (Å²) in [7, 11) is 4.60. The summed E-state index contributed by atoms with van der Waals surface area (Å²) in [4.78, 5) is 72.7. The quantitative estimate of drug-likeness (QED) is 0.0961. The summed E-state index contributed by atoms with van der Waals surface area (Å²) in [5.74, 6) is -8.13. The molecule has 4 aliphatic rings. The number of piperidine rings is 1. The minimum absolute atomic E-state index is 0.00566. The van der Waals surface area contributed by atoms with Crippen LogP contribution in [0, 0.1) is 35.5 Å². The molecule has 1 unspecified atom stereocenters. The van der Waals surface area contributed by atoms with Gasteiger partial charge in [-0.1, -0.05) is 95.3 Å². The lowest BCUT2D eigenvalue weighted by Gasteiger charge is -2.42. The van der Waals surface area contributed by atoms with Crippen LogP contribution in [-0.4, -0.2) is 144 Å². The van der Waals surface area contributed by atoms with E-state index in [4.69, 9.17) is 28.4 Å². The van der Waals surface area contributed by atoms with Crippen LogP contribution in [-0.2, 0) is 59.0 Å². The van der Waals surface area contributed by atoms with E-state index in [1.165, 1.54) is 12.0 Å². The van der Waals surface area contributed by atoms with Gasteiger partial charge < -0.3 is 53.7 Å². The van der Waals surface area contributed by atoms with Gasteiger partial charge in [0, 0.05) is 58.5 Å². The zero-order chi connectivity index (χ0) is 55.9. The molecule has 1 aromatic carbocycles. The summed E-state index contributed by atoms with van der Waals surface area (Å²) in [6, 6.07) is 6.07. The topological polar surface area (TPSA) is 225 Å². The molecule has 3 heterocycles. The monoisotopic (exact) mass is 1060 g/mol. The number of allylic oxidation sites excluding steroid dienone is 6. The van der Waals surface area contributed by atoms with E-state index in [1.54, 1.807) is 53.2 Å². The first-order valence-electron chi connectivity index (χ1n) is 27.6. The van der Waals surface area contributed by atoms with E-state index in [9.17, 15) is 44.4 Å². The number of aliphatic hydroxyl groups is 4. The molecule has 5 rings (SSSR count). The highest BCUT2D eigenvalue weighted by molar-refractivity contribution is 6.39. The second kappa shape index (κ2) is 29.7. The molecule has 2 saturated heterocycles. The number of hydrogen-bond acceptors (Lipinski definition) is 15. The van der Waals surface area contributed by atoms with Gasteiger partial charge in [-0.25, -0.2) is 4.79 Å². The van der Waals surface area contributed by atoms with E-state index in [2.05, 4.69) is 0 Å². The summed E-state index contributed by atoms with van der Waals surface area (Å²) in [5, 5.41) is 42.9. The van der Waals surface area contributed by atoms with Crippen LogP contribution >= 0.6 is 0 Å². The normalized spacial score (nSPS) is 36.7. The van der Waals surface area contributed by atoms with Gasteiger partial charge in [0.05, 0.1) is 37.6 Å². The van der Waals surface area contributed by atoms with E-state index >= 15 is 0 Å². The van der Waals surface area contributed by atoms with Crippen molar-refractivity contribution in [2.75, 3.05) is 34.5 Å². The van der Waals surface area contributed by atoms with Crippen LogP contribution in [0.25, 0.3) is 0 Å². The van der Waals surface area contributed by atoms with E-state index in [1.807, 2.05) is 70.2 Å². The molecule has 2 bridgehead atoms. The Balaban J connectivity index is 1.42. The van der Waals surface area contributed by atoms with Gasteiger partial charge >= 0.3 is 5.97 Å². The molecule has 1 aliphatic carbocycles. The molecular weight excluding hydrogens is 975 g/mol. The number of ketones is 3. The molecule has 76 heavy (non-hydrogen) atoms. The number of aliphatic hydroxyl groups excluding tert-OH is 3. The molecule has 16 atom stereocenters. The minimum atomic E-state index is -2.45. The highest BCUT2D eigenvalue weighted by Crippen LogP contribution is 2.38. The smallest absolute Gasteiger partial charge is 0.329 e. The fraction of sp³-hybridized carbons (Fsp3) is 0.683. The lowest BCUT2D eigenvalue weighted by molar-refractivity contribution is -0.265.